The SMILES string of the molecule is CC(=O)c1c(C2C[C@H]3CC[C@@H](C2)N3C(=O)CO)nc2c(-c3cnc(-c4ccn(C)n4)c(C)c3)cnn2c1N. The van der Waals surface area contributed by atoms with Crippen LogP contribution >= 0.6 is 0 Å². The molecule has 1 amide bonds. The van der Waals surface area contributed by atoms with Gasteiger partial charge in [-0.2, -0.15) is 14.7 Å². The van der Waals surface area contributed by atoms with Crippen LogP contribution in [-0.2, 0) is 11.8 Å². The van der Waals surface area contributed by atoms with Crippen LogP contribution < -0.4 is 5.73 Å². The van der Waals surface area contributed by atoms with Gasteiger partial charge in [-0.05, 0) is 57.2 Å². The standard InChI is InChI=1S/C27H30N8O3/c1-14-8-17(11-29-24(14)21-6-7-33(3)32-21)20-12-30-35-26(28)23(15(2)37)25(31-27(20)35)16-9-18-4-5-19(10-16)34(18)22(38)13-36/h6-8,11-12,16,18-19,36H,4-5,9-10,13,28H2,1-3H3/t16?,18-,19+. The van der Waals surface area contributed by atoms with Crippen LogP contribution in [0.15, 0.2) is 30.7 Å². The molecule has 0 aromatic carbocycles. The van der Waals surface area contributed by atoms with Crippen LogP contribution in [0.1, 0.15) is 60.1 Å². The molecule has 3 N–H and O–H groups in total. The second-order valence-electron chi connectivity index (χ2n) is 10.4. The van der Waals surface area contributed by atoms with Gasteiger partial charge >= 0.3 is 0 Å². The third kappa shape index (κ3) is 3.76. The quantitative estimate of drug-likeness (QED) is 0.387. The molecule has 1 unspecified atom stereocenters. The van der Waals surface area contributed by atoms with E-state index < -0.39 is 6.61 Å². The normalized spacial score (nSPS) is 20.8. The summed E-state index contributed by atoms with van der Waals surface area (Å²) in [5, 5.41) is 18.4. The predicted octanol–water partition coefficient (Wildman–Crippen LogP) is 2.51. The largest absolute Gasteiger partial charge is 0.387 e. The maximum absolute atomic E-state index is 12.8. The molecule has 0 radical (unpaired) electrons. The summed E-state index contributed by atoms with van der Waals surface area (Å²) in [6.45, 7) is 3.00. The summed E-state index contributed by atoms with van der Waals surface area (Å²) in [4.78, 5) is 36.7. The van der Waals surface area contributed by atoms with Gasteiger partial charge in [0.15, 0.2) is 11.4 Å². The number of amides is 1. The van der Waals surface area contributed by atoms with E-state index in [0.29, 0.717) is 29.7 Å². The van der Waals surface area contributed by atoms with Crippen LogP contribution in [0.5, 0.6) is 0 Å². The van der Waals surface area contributed by atoms with Gasteiger partial charge in [-0.15, -0.1) is 0 Å². The third-order valence-electron chi connectivity index (χ3n) is 7.95. The summed E-state index contributed by atoms with van der Waals surface area (Å²) in [7, 11) is 1.87. The van der Waals surface area contributed by atoms with E-state index >= 15 is 0 Å². The number of nitrogens with two attached hydrogens (primary N) is 1. The highest BCUT2D eigenvalue weighted by molar-refractivity contribution is 6.00. The number of Topliss-reactive ketones (excluding diaryl/α,β-unsaturated/α-hetero) is 1. The fraction of sp³-hybridized carbons (Fsp3) is 0.407. The topological polar surface area (TPSA) is 145 Å². The van der Waals surface area contributed by atoms with Crippen molar-refractivity contribution in [2.24, 2.45) is 7.05 Å². The van der Waals surface area contributed by atoms with Crippen LogP contribution in [0, 0.1) is 6.92 Å². The van der Waals surface area contributed by atoms with Crippen LogP contribution in [0.4, 0.5) is 5.82 Å². The van der Waals surface area contributed by atoms with Crippen LogP contribution in [0.25, 0.3) is 28.2 Å². The minimum Gasteiger partial charge on any atom is -0.387 e. The number of pyridine rings is 1. The summed E-state index contributed by atoms with van der Waals surface area (Å²) in [6, 6.07) is 4.00. The Bertz CT molecular complexity index is 1570. The van der Waals surface area contributed by atoms with Gasteiger partial charge in [0.05, 0.1) is 23.1 Å². The van der Waals surface area contributed by atoms with Gasteiger partial charge in [0.2, 0.25) is 5.91 Å². The van der Waals surface area contributed by atoms with Gasteiger partial charge in [-0.25, -0.2) is 4.98 Å². The number of aliphatic hydroxyl groups excluding tert-OH is 1. The fourth-order valence-electron chi connectivity index (χ4n) is 6.31. The lowest BCUT2D eigenvalue weighted by Gasteiger charge is -2.39. The van der Waals surface area contributed by atoms with Crippen molar-refractivity contribution in [2.75, 3.05) is 12.3 Å². The second-order valence-corrected chi connectivity index (χ2v) is 10.4. The Morgan fingerprint density at radius 2 is 1.92 bits per heavy atom. The number of fused-ring (bicyclic) bond motifs is 3. The lowest BCUT2D eigenvalue weighted by molar-refractivity contribution is -0.138. The van der Waals surface area contributed by atoms with Gasteiger partial charge in [0.25, 0.3) is 0 Å². The van der Waals surface area contributed by atoms with E-state index in [4.69, 9.17) is 10.7 Å². The lowest BCUT2D eigenvalue weighted by atomic mass is 9.85. The number of nitrogen functional groups attached to an aromatic ring is 1. The van der Waals surface area contributed by atoms with Crippen molar-refractivity contribution in [3.63, 3.8) is 0 Å². The number of anilines is 1. The van der Waals surface area contributed by atoms with Crippen molar-refractivity contribution >= 4 is 23.2 Å². The van der Waals surface area contributed by atoms with E-state index in [0.717, 1.165) is 40.9 Å². The van der Waals surface area contributed by atoms with Gasteiger partial charge < -0.3 is 15.7 Å². The van der Waals surface area contributed by atoms with E-state index in [1.165, 1.54) is 11.4 Å². The van der Waals surface area contributed by atoms with Crippen molar-refractivity contribution in [2.45, 2.75) is 57.5 Å². The van der Waals surface area contributed by atoms with Crippen molar-refractivity contribution in [1.29, 1.82) is 0 Å². The molecule has 196 valence electrons. The molecule has 0 aliphatic carbocycles. The fourth-order valence-corrected chi connectivity index (χ4v) is 6.31. The monoisotopic (exact) mass is 514 g/mol. The minimum absolute atomic E-state index is 0.0211. The molecule has 2 bridgehead atoms. The Kier molecular flexibility index (Phi) is 5.75. The number of aryl methyl sites for hydroxylation is 2. The summed E-state index contributed by atoms with van der Waals surface area (Å²) in [5.74, 6) is -0.168. The first kappa shape index (κ1) is 24.2. The molecule has 6 heterocycles. The number of carbonyl (C=O) groups is 2. The average molecular weight is 515 g/mol. The van der Waals surface area contributed by atoms with Gasteiger partial charge in [0.1, 0.15) is 18.1 Å². The minimum atomic E-state index is -0.487. The summed E-state index contributed by atoms with van der Waals surface area (Å²) >= 11 is 0. The lowest BCUT2D eigenvalue weighted by Crippen LogP contribution is -2.47. The first-order valence-electron chi connectivity index (χ1n) is 12.8. The molecule has 2 fully saturated rings. The van der Waals surface area contributed by atoms with E-state index in [9.17, 15) is 14.7 Å². The maximum atomic E-state index is 12.8. The van der Waals surface area contributed by atoms with Crippen LogP contribution in [0.2, 0.25) is 0 Å². The molecule has 0 saturated carbocycles. The number of ketones is 1. The molecule has 2 saturated heterocycles. The van der Waals surface area contributed by atoms with E-state index in [1.807, 2.05) is 37.2 Å². The third-order valence-corrected chi connectivity index (χ3v) is 7.95. The van der Waals surface area contributed by atoms with E-state index in [1.54, 1.807) is 17.1 Å². The van der Waals surface area contributed by atoms with Gasteiger partial charge in [-0.1, -0.05) is 0 Å². The number of hydrogen-bond acceptors (Lipinski definition) is 8. The molecule has 2 aliphatic heterocycles. The second kappa shape index (κ2) is 9.02. The number of nitrogens with zero attached hydrogens (tertiary/aromatic N) is 7. The average Bonchev–Trinajstić information content (AvgIpc) is 3.58. The van der Waals surface area contributed by atoms with Crippen molar-refractivity contribution in [3.8, 4) is 22.5 Å². The highest BCUT2D eigenvalue weighted by atomic mass is 16.3. The molecule has 11 heteroatoms. The molecule has 0 spiro atoms. The number of aliphatic hydroxyl groups is 1. The Morgan fingerprint density at radius 1 is 1.18 bits per heavy atom. The molecular formula is C27H30N8O3. The number of piperidine rings is 1. The van der Waals surface area contributed by atoms with Crippen LogP contribution in [-0.4, -0.2) is 69.7 Å². The molecule has 3 atom stereocenters. The Morgan fingerprint density at radius 3 is 2.53 bits per heavy atom. The number of aromatic nitrogens is 6. The van der Waals surface area contributed by atoms with E-state index in [2.05, 4.69) is 15.2 Å². The van der Waals surface area contributed by atoms with Crippen molar-refractivity contribution in [3.05, 3.63) is 47.5 Å². The Balaban J connectivity index is 1.43. The van der Waals surface area contributed by atoms with Crippen molar-refractivity contribution < 1.29 is 14.7 Å². The molecule has 4 aromatic rings. The smallest absolute Gasteiger partial charge is 0.248 e. The highest BCUT2D eigenvalue weighted by Gasteiger charge is 2.44. The summed E-state index contributed by atoms with van der Waals surface area (Å²) in [6.07, 6.45) is 8.48. The first-order valence-corrected chi connectivity index (χ1v) is 12.8. The zero-order valence-electron chi connectivity index (χ0n) is 21.6. The molecule has 6 rings (SSSR count). The van der Waals surface area contributed by atoms with Crippen molar-refractivity contribution in [1.82, 2.24) is 34.3 Å². The molecular weight excluding hydrogens is 484 g/mol. The van der Waals surface area contributed by atoms with Gasteiger partial charge in [0, 0.05) is 48.6 Å². The zero-order valence-corrected chi connectivity index (χ0v) is 21.6. The summed E-state index contributed by atoms with van der Waals surface area (Å²) in [5.41, 5.74) is 12.3. The Labute approximate surface area is 219 Å². The maximum Gasteiger partial charge on any atom is 0.248 e. The molecule has 11 nitrogen and oxygen atoms in total. The summed E-state index contributed by atoms with van der Waals surface area (Å²) < 4.78 is 3.27. The highest BCUT2D eigenvalue weighted by Crippen LogP contribution is 2.44. The number of hydrogen-bond donors (Lipinski definition) is 2. The molecule has 4 aromatic heterocycles. The van der Waals surface area contributed by atoms with Gasteiger partial charge in [-0.3, -0.25) is 19.3 Å². The molecule has 2 aliphatic rings. The first-order chi connectivity index (χ1) is 18.3. The van der Waals surface area contributed by atoms with Crippen LogP contribution in [0.3, 0.4) is 0 Å². The predicted molar refractivity (Wildman–Crippen MR) is 140 cm³/mol. The zero-order chi connectivity index (χ0) is 26.7. The molecule has 38 heavy (non-hydrogen) atoms. The number of carbonyl (C=O) groups excluding carboxylic acids is 2. The Hall–Kier alpha value is -4.12. The number of rotatable bonds is 5. The van der Waals surface area contributed by atoms with E-state index in [-0.39, 0.29) is 35.5 Å².